The standard InChI is InChI=1S/C13H13N5O3S/c1-21-10-3-4-12-11(6-10)16-17-18(12)13-5-2-9(7-15-13)8-22(14,19)20/h2-7H,8H2,1H3,(H2,14,19,20). The van der Waals surface area contributed by atoms with Crippen LogP contribution in [-0.2, 0) is 15.8 Å². The Morgan fingerprint density at radius 3 is 2.73 bits per heavy atom. The van der Waals surface area contributed by atoms with E-state index in [0.717, 1.165) is 5.52 Å². The van der Waals surface area contributed by atoms with Crippen LogP contribution in [0.4, 0.5) is 0 Å². The highest BCUT2D eigenvalue weighted by atomic mass is 32.2. The number of methoxy groups -OCH3 is 1. The molecule has 1 aromatic carbocycles. The van der Waals surface area contributed by atoms with Crippen LogP contribution in [0.2, 0.25) is 0 Å². The van der Waals surface area contributed by atoms with Crippen LogP contribution < -0.4 is 9.88 Å². The van der Waals surface area contributed by atoms with Crippen molar-refractivity contribution in [2.24, 2.45) is 5.14 Å². The number of ether oxygens (including phenoxy) is 1. The number of hydrogen-bond acceptors (Lipinski definition) is 6. The SMILES string of the molecule is COc1ccc2c(c1)nnn2-c1ccc(CS(N)(=O)=O)cn1. The van der Waals surface area contributed by atoms with Gasteiger partial charge in [-0.3, -0.25) is 0 Å². The normalized spacial score (nSPS) is 11.7. The van der Waals surface area contributed by atoms with Gasteiger partial charge in [-0.25, -0.2) is 18.5 Å². The Balaban J connectivity index is 1.97. The number of nitrogens with two attached hydrogens (primary N) is 1. The van der Waals surface area contributed by atoms with Gasteiger partial charge in [0.1, 0.15) is 11.3 Å². The Morgan fingerprint density at radius 1 is 1.27 bits per heavy atom. The number of aromatic nitrogens is 4. The first-order chi connectivity index (χ1) is 10.5. The minimum absolute atomic E-state index is 0.254. The first-order valence-electron chi connectivity index (χ1n) is 6.31. The Kier molecular flexibility index (Phi) is 3.51. The van der Waals surface area contributed by atoms with E-state index in [4.69, 9.17) is 9.88 Å². The fourth-order valence-electron chi connectivity index (χ4n) is 2.06. The van der Waals surface area contributed by atoms with Crippen molar-refractivity contribution < 1.29 is 13.2 Å². The number of pyridine rings is 1. The topological polar surface area (TPSA) is 113 Å². The van der Waals surface area contributed by atoms with Gasteiger partial charge in [0.15, 0.2) is 5.82 Å². The molecule has 0 atom stereocenters. The van der Waals surface area contributed by atoms with Gasteiger partial charge in [0.05, 0.1) is 18.4 Å². The first kappa shape index (κ1) is 14.4. The maximum absolute atomic E-state index is 11.1. The van der Waals surface area contributed by atoms with Crippen LogP contribution in [0.5, 0.6) is 5.75 Å². The summed E-state index contributed by atoms with van der Waals surface area (Å²) < 4.78 is 28.8. The molecule has 2 N–H and O–H groups in total. The van der Waals surface area contributed by atoms with Crippen molar-refractivity contribution in [1.29, 1.82) is 0 Å². The highest BCUT2D eigenvalue weighted by Gasteiger charge is 2.10. The van der Waals surface area contributed by atoms with E-state index in [1.54, 1.807) is 36.1 Å². The molecular formula is C13H13N5O3S. The second-order valence-corrected chi connectivity index (χ2v) is 6.30. The molecule has 0 bridgehead atoms. The summed E-state index contributed by atoms with van der Waals surface area (Å²) in [6.45, 7) is 0. The van der Waals surface area contributed by atoms with E-state index >= 15 is 0 Å². The summed E-state index contributed by atoms with van der Waals surface area (Å²) in [4.78, 5) is 4.21. The van der Waals surface area contributed by atoms with E-state index in [9.17, 15) is 8.42 Å². The third kappa shape index (κ3) is 2.90. The van der Waals surface area contributed by atoms with Gasteiger partial charge < -0.3 is 4.74 Å². The van der Waals surface area contributed by atoms with Crippen LogP contribution in [0.25, 0.3) is 16.9 Å². The molecule has 0 saturated heterocycles. The summed E-state index contributed by atoms with van der Waals surface area (Å²) in [6.07, 6.45) is 1.46. The van der Waals surface area contributed by atoms with Crippen molar-refractivity contribution >= 4 is 21.1 Å². The number of benzene rings is 1. The quantitative estimate of drug-likeness (QED) is 0.754. The van der Waals surface area contributed by atoms with Gasteiger partial charge in [-0.1, -0.05) is 11.3 Å². The molecule has 0 aliphatic carbocycles. The molecule has 3 aromatic rings. The van der Waals surface area contributed by atoms with Gasteiger partial charge in [0.2, 0.25) is 10.0 Å². The van der Waals surface area contributed by atoms with Gasteiger partial charge >= 0.3 is 0 Å². The summed E-state index contributed by atoms with van der Waals surface area (Å²) in [7, 11) is -1.99. The Hall–Kier alpha value is -2.52. The predicted molar refractivity (Wildman–Crippen MR) is 80.0 cm³/mol. The van der Waals surface area contributed by atoms with Crippen molar-refractivity contribution in [3.63, 3.8) is 0 Å². The maximum Gasteiger partial charge on any atom is 0.213 e. The van der Waals surface area contributed by atoms with E-state index in [2.05, 4.69) is 15.3 Å². The molecule has 0 fully saturated rings. The lowest BCUT2D eigenvalue weighted by molar-refractivity contribution is 0.415. The molecule has 3 rings (SSSR count). The second-order valence-electron chi connectivity index (χ2n) is 4.69. The molecule has 9 heteroatoms. The van der Waals surface area contributed by atoms with E-state index in [-0.39, 0.29) is 5.75 Å². The molecule has 22 heavy (non-hydrogen) atoms. The van der Waals surface area contributed by atoms with E-state index in [1.165, 1.54) is 6.20 Å². The lowest BCUT2D eigenvalue weighted by atomic mass is 10.3. The lowest BCUT2D eigenvalue weighted by Gasteiger charge is -2.04. The first-order valence-corrected chi connectivity index (χ1v) is 8.03. The molecule has 0 aliphatic rings. The van der Waals surface area contributed by atoms with Gasteiger partial charge in [-0.2, -0.15) is 4.68 Å². The van der Waals surface area contributed by atoms with Crippen LogP contribution in [0.3, 0.4) is 0 Å². The van der Waals surface area contributed by atoms with Crippen LogP contribution in [0, 0.1) is 0 Å². The zero-order chi connectivity index (χ0) is 15.7. The molecule has 114 valence electrons. The number of sulfonamides is 1. The number of hydrogen-bond donors (Lipinski definition) is 1. The number of fused-ring (bicyclic) bond motifs is 1. The zero-order valence-electron chi connectivity index (χ0n) is 11.7. The van der Waals surface area contributed by atoms with Crippen molar-refractivity contribution in [2.45, 2.75) is 5.75 Å². The fourth-order valence-corrected chi connectivity index (χ4v) is 2.69. The van der Waals surface area contributed by atoms with Crippen molar-refractivity contribution in [3.8, 4) is 11.6 Å². The van der Waals surface area contributed by atoms with Crippen LogP contribution in [0.1, 0.15) is 5.56 Å². The van der Waals surface area contributed by atoms with Crippen LogP contribution in [0.15, 0.2) is 36.5 Å². The molecule has 2 aromatic heterocycles. The summed E-state index contributed by atoms with van der Waals surface area (Å²) in [5, 5.41) is 13.1. The van der Waals surface area contributed by atoms with Gasteiger partial charge in [0, 0.05) is 12.3 Å². The summed E-state index contributed by atoms with van der Waals surface area (Å²) in [5.41, 5.74) is 1.96. The smallest absolute Gasteiger partial charge is 0.213 e. The maximum atomic E-state index is 11.1. The molecule has 0 saturated carbocycles. The Labute approximate surface area is 126 Å². The van der Waals surface area contributed by atoms with Crippen molar-refractivity contribution in [1.82, 2.24) is 20.0 Å². The second kappa shape index (κ2) is 5.35. The lowest BCUT2D eigenvalue weighted by Crippen LogP contribution is -2.14. The third-order valence-electron chi connectivity index (χ3n) is 3.05. The average molecular weight is 319 g/mol. The Morgan fingerprint density at radius 2 is 2.09 bits per heavy atom. The summed E-state index contributed by atoms with van der Waals surface area (Å²) in [6, 6.07) is 8.71. The molecular weight excluding hydrogens is 306 g/mol. The van der Waals surface area contributed by atoms with Gasteiger partial charge in [0.25, 0.3) is 0 Å². The van der Waals surface area contributed by atoms with E-state index in [1.807, 2.05) is 6.07 Å². The van der Waals surface area contributed by atoms with Gasteiger partial charge in [-0.05, 0) is 23.8 Å². The molecule has 0 unspecified atom stereocenters. The minimum Gasteiger partial charge on any atom is -0.497 e. The highest BCUT2D eigenvalue weighted by Crippen LogP contribution is 2.20. The van der Waals surface area contributed by atoms with Gasteiger partial charge in [-0.15, -0.1) is 5.10 Å². The molecule has 2 heterocycles. The fraction of sp³-hybridized carbons (Fsp3) is 0.154. The molecule has 0 radical (unpaired) electrons. The average Bonchev–Trinajstić information content (AvgIpc) is 2.89. The summed E-state index contributed by atoms with van der Waals surface area (Å²) >= 11 is 0. The largest absolute Gasteiger partial charge is 0.497 e. The van der Waals surface area contributed by atoms with Crippen LogP contribution >= 0.6 is 0 Å². The number of rotatable bonds is 4. The highest BCUT2D eigenvalue weighted by molar-refractivity contribution is 7.88. The molecule has 0 aliphatic heterocycles. The number of nitrogens with zero attached hydrogens (tertiary/aromatic N) is 4. The molecule has 0 spiro atoms. The number of primary sulfonamides is 1. The zero-order valence-corrected chi connectivity index (χ0v) is 12.5. The van der Waals surface area contributed by atoms with E-state index < -0.39 is 10.0 Å². The molecule has 0 amide bonds. The van der Waals surface area contributed by atoms with Crippen LogP contribution in [-0.4, -0.2) is 35.5 Å². The summed E-state index contributed by atoms with van der Waals surface area (Å²) in [5.74, 6) is 0.970. The monoisotopic (exact) mass is 319 g/mol. The predicted octanol–water partition coefficient (Wildman–Crippen LogP) is 0.613. The Bertz CT molecular complexity index is 919. The van der Waals surface area contributed by atoms with Crippen molar-refractivity contribution in [3.05, 3.63) is 42.1 Å². The third-order valence-corrected chi connectivity index (χ3v) is 3.78. The van der Waals surface area contributed by atoms with E-state index in [0.29, 0.717) is 22.6 Å². The minimum atomic E-state index is -3.57. The molecule has 8 nitrogen and oxygen atoms in total. The van der Waals surface area contributed by atoms with Crippen molar-refractivity contribution in [2.75, 3.05) is 7.11 Å².